The van der Waals surface area contributed by atoms with Crippen molar-refractivity contribution in [1.29, 1.82) is 0 Å². The third-order valence-corrected chi connectivity index (χ3v) is 4.98. The fourth-order valence-corrected chi connectivity index (χ4v) is 3.20. The molecule has 33 heavy (non-hydrogen) atoms. The number of alkyl halides is 3. The van der Waals surface area contributed by atoms with Crippen molar-refractivity contribution in [3.05, 3.63) is 76.5 Å². The van der Waals surface area contributed by atoms with Crippen LogP contribution in [0.3, 0.4) is 0 Å². The van der Waals surface area contributed by atoms with Crippen molar-refractivity contribution in [2.45, 2.75) is 12.6 Å². The lowest BCUT2D eigenvalue weighted by Crippen LogP contribution is -2.20. The average molecular weight is 523 g/mol. The number of carbonyl (C=O) groups is 2. The van der Waals surface area contributed by atoms with Crippen molar-refractivity contribution in [3.8, 4) is 11.5 Å². The molecular weight excluding hydrogens is 505 g/mol. The van der Waals surface area contributed by atoms with Crippen molar-refractivity contribution in [2.75, 3.05) is 17.7 Å². The molecule has 0 saturated carbocycles. The van der Waals surface area contributed by atoms with Crippen LogP contribution >= 0.6 is 15.9 Å². The average Bonchev–Trinajstić information content (AvgIpc) is 2.76. The van der Waals surface area contributed by atoms with Gasteiger partial charge in [0.25, 0.3) is 0 Å². The Morgan fingerprint density at radius 3 is 2.30 bits per heavy atom. The highest BCUT2D eigenvalue weighted by Gasteiger charge is 2.33. The van der Waals surface area contributed by atoms with Crippen molar-refractivity contribution < 1.29 is 27.5 Å². The molecule has 0 saturated heterocycles. The number of anilines is 2. The first-order chi connectivity index (χ1) is 15.6. The number of likely N-dealkylation sites (N-methyl/N-ethyl adjacent to an activating group) is 1. The van der Waals surface area contributed by atoms with Crippen molar-refractivity contribution in [2.24, 2.45) is 0 Å². The normalized spacial score (nSPS) is 10.9. The first-order valence-electron chi connectivity index (χ1n) is 9.52. The summed E-state index contributed by atoms with van der Waals surface area (Å²) in [5.74, 6) is 0.782. The predicted octanol–water partition coefficient (Wildman–Crippen LogP) is 5.59. The number of hydrogen-bond donors (Lipinski definition) is 3. The third kappa shape index (κ3) is 6.94. The van der Waals surface area contributed by atoms with Crippen LogP contribution in [0.15, 0.2) is 65.3 Å². The van der Waals surface area contributed by atoms with Crippen molar-refractivity contribution in [3.63, 3.8) is 0 Å². The zero-order valence-corrected chi connectivity index (χ0v) is 18.8. The molecule has 0 atom stereocenters. The molecule has 7 nitrogen and oxygen atoms in total. The number of aromatic nitrogens is 1. The monoisotopic (exact) mass is 522 g/mol. The van der Waals surface area contributed by atoms with Crippen LogP contribution < -0.4 is 20.7 Å². The molecule has 0 aliphatic rings. The Hall–Kier alpha value is -3.60. The Bertz CT molecular complexity index is 1150. The van der Waals surface area contributed by atoms with Crippen LogP contribution in [0.5, 0.6) is 11.5 Å². The van der Waals surface area contributed by atoms with Gasteiger partial charge in [-0.05, 0) is 48.5 Å². The summed E-state index contributed by atoms with van der Waals surface area (Å²) in [6.07, 6.45) is -2.91. The number of benzene rings is 2. The maximum absolute atomic E-state index is 13.0. The number of ether oxygens (including phenoxy) is 1. The SMILES string of the molecule is CNC(=O)Cc1cc(Oc2ccc(NC(=O)Nc3ccc(Br)c(C(F)(F)F)c3)cc2)ccn1. The highest BCUT2D eigenvalue weighted by molar-refractivity contribution is 9.10. The van der Waals surface area contributed by atoms with E-state index in [0.717, 1.165) is 6.07 Å². The summed E-state index contributed by atoms with van der Waals surface area (Å²) in [4.78, 5) is 27.8. The largest absolute Gasteiger partial charge is 0.457 e. The minimum atomic E-state index is -4.55. The van der Waals surface area contributed by atoms with Crippen molar-refractivity contribution in [1.82, 2.24) is 10.3 Å². The number of amides is 3. The van der Waals surface area contributed by atoms with Gasteiger partial charge in [0.2, 0.25) is 5.91 Å². The highest BCUT2D eigenvalue weighted by Crippen LogP contribution is 2.36. The van der Waals surface area contributed by atoms with E-state index in [9.17, 15) is 22.8 Å². The van der Waals surface area contributed by atoms with Crippen LogP contribution in [0.4, 0.5) is 29.3 Å². The van der Waals surface area contributed by atoms with Crippen LogP contribution in [-0.2, 0) is 17.4 Å². The lowest BCUT2D eigenvalue weighted by atomic mass is 10.2. The summed E-state index contributed by atoms with van der Waals surface area (Å²) in [6.45, 7) is 0. The summed E-state index contributed by atoms with van der Waals surface area (Å²) >= 11 is 2.85. The molecule has 0 radical (unpaired) electrons. The van der Waals surface area contributed by atoms with E-state index in [0.29, 0.717) is 22.9 Å². The van der Waals surface area contributed by atoms with Crippen LogP contribution in [-0.4, -0.2) is 24.0 Å². The van der Waals surface area contributed by atoms with E-state index >= 15 is 0 Å². The van der Waals surface area contributed by atoms with Gasteiger partial charge in [0.05, 0.1) is 17.7 Å². The van der Waals surface area contributed by atoms with Gasteiger partial charge in [-0.2, -0.15) is 13.2 Å². The standard InChI is InChI=1S/C22H18BrF3N4O3/c1-27-20(31)12-15-10-17(8-9-28-15)33-16-5-2-13(3-6-16)29-21(32)30-14-4-7-19(23)18(11-14)22(24,25)26/h2-11H,12H2,1H3,(H,27,31)(H2,29,30,32). The Morgan fingerprint density at radius 1 is 0.970 bits per heavy atom. The van der Waals surface area contributed by atoms with Gasteiger partial charge in [-0.15, -0.1) is 0 Å². The number of pyridine rings is 1. The molecular formula is C22H18BrF3N4O3. The van der Waals surface area contributed by atoms with Gasteiger partial charge in [-0.25, -0.2) is 4.79 Å². The Labute approximate surface area is 195 Å². The number of urea groups is 1. The van der Waals surface area contributed by atoms with Crippen LogP contribution in [0, 0.1) is 0 Å². The fraction of sp³-hybridized carbons (Fsp3) is 0.136. The number of carbonyl (C=O) groups excluding carboxylic acids is 2. The fourth-order valence-electron chi connectivity index (χ4n) is 2.73. The molecule has 172 valence electrons. The number of halogens is 4. The minimum absolute atomic E-state index is 0.00627. The highest BCUT2D eigenvalue weighted by atomic mass is 79.9. The summed E-state index contributed by atoms with van der Waals surface area (Å²) < 4.78 is 44.6. The van der Waals surface area contributed by atoms with E-state index in [2.05, 4.69) is 36.9 Å². The predicted molar refractivity (Wildman–Crippen MR) is 120 cm³/mol. The molecule has 0 aliphatic heterocycles. The first kappa shape index (κ1) is 24.1. The molecule has 1 heterocycles. The number of rotatable bonds is 6. The zero-order valence-electron chi connectivity index (χ0n) is 17.2. The Kier molecular flexibility index (Phi) is 7.54. The lowest BCUT2D eigenvalue weighted by Gasteiger charge is -2.13. The van der Waals surface area contributed by atoms with Gasteiger partial charge in [0.1, 0.15) is 11.5 Å². The van der Waals surface area contributed by atoms with Gasteiger partial charge in [0, 0.05) is 35.2 Å². The molecule has 1 aromatic heterocycles. The van der Waals surface area contributed by atoms with E-state index in [1.165, 1.54) is 25.4 Å². The van der Waals surface area contributed by atoms with E-state index in [1.807, 2.05) is 0 Å². The topological polar surface area (TPSA) is 92.4 Å². The summed E-state index contributed by atoms with van der Waals surface area (Å²) in [5, 5.41) is 7.43. The van der Waals surface area contributed by atoms with E-state index in [1.54, 1.807) is 36.4 Å². The quantitative estimate of drug-likeness (QED) is 0.393. The molecule has 3 aromatic rings. The van der Waals surface area contributed by atoms with Crippen LogP contribution in [0.2, 0.25) is 0 Å². The minimum Gasteiger partial charge on any atom is -0.457 e. The summed E-state index contributed by atoms with van der Waals surface area (Å²) in [7, 11) is 1.54. The molecule has 11 heteroatoms. The van der Waals surface area contributed by atoms with Gasteiger partial charge in [0.15, 0.2) is 0 Å². The molecule has 0 unspecified atom stereocenters. The van der Waals surface area contributed by atoms with Gasteiger partial charge < -0.3 is 20.7 Å². The molecule has 3 N–H and O–H groups in total. The number of nitrogens with zero attached hydrogens (tertiary/aromatic N) is 1. The molecule has 0 spiro atoms. The van der Waals surface area contributed by atoms with Gasteiger partial charge >= 0.3 is 12.2 Å². The second kappa shape index (κ2) is 10.3. The van der Waals surface area contributed by atoms with Crippen LogP contribution in [0.25, 0.3) is 0 Å². The zero-order chi connectivity index (χ0) is 24.0. The summed E-state index contributed by atoms with van der Waals surface area (Å²) in [5.41, 5.74) is 0.0519. The second-order valence-corrected chi connectivity index (χ2v) is 7.59. The molecule has 0 aliphatic carbocycles. The van der Waals surface area contributed by atoms with E-state index < -0.39 is 17.8 Å². The number of hydrogen-bond acceptors (Lipinski definition) is 4. The lowest BCUT2D eigenvalue weighted by molar-refractivity contribution is -0.138. The van der Waals surface area contributed by atoms with Gasteiger partial charge in [-0.1, -0.05) is 15.9 Å². The molecule has 2 aromatic carbocycles. The Morgan fingerprint density at radius 2 is 1.64 bits per heavy atom. The smallest absolute Gasteiger partial charge is 0.417 e. The summed E-state index contributed by atoms with van der Waals surface area (Å²) in [6, 6.07) is 12.3. The van der Waals surface area contributed by atoms with Crippen LogP contribution in [0.1, 0.15) is 11.3 Å². The molecule has 0 fully saturated rings. The van der Waals surface area contributed by atoms with Gasteiger partial charge in [-0.3, -0.25) is 9.78 Å². The maximum atomic E-state index is 13.0. The molecule has 3 amide bonds. The first-order valence-corrected chi connectivity index (χ1v) is 10.3. The second-order valence-electron chi connectivity index (χ2n) is 6.73. The number of nitrogens with one attached hydrogen (secondary N) is 3. The molecule has 0 bridgehead atoms. The maximum Gasteiger partial charge on any atom is 0.417 e. The van der Waals surface area contributed by atoms with Crippen molar-refractivity contribution >= 4 is 39.2 Å². The Balaban J connectivity index is 1.60. The van der Waals surface area contributed by atoms with E-state index in [4.69, 9.17) is 4.74 Å². The molecule has 3 rings (SSSR count). The van der Waals surface area contributed by atoms with E-state index in [-0.39, 0.29) is 22.5 Å². The third-order valence-electron chi connectivity index (χ3n) is 4.29.